The highest BCUT2D eigenvalue weighted by Crippen LogP contribution is 2.50. The van der Waals surface area contributed by atoms with E-state index in [1.165, 1.54) is 26.2 Å². The number of imide groups is 1. The second-order valence-electron chi connectivity index (χ2n) is 9.13. The van der Waals surface area contributed by atoms with Gasteiger partial charge in [0.2, 0.25) is 11.7 Å². The van der Waals surface area contributed by atoms with Crippen LogP contribution in [-0.2, 0) is 14.4 Å². The van der Waals surface area contributed by atoms with E-state index in [0.717, 1.165) is 16.5 Å². The van der Waals surface area contributed by atoms with Crippen LogP contribution in [0.3, 0.4) is 0 Å². The quantitative estimate of drug-likeness (QED) is 0.341. The smallest absolute Gasteiger partial charge is 0.266 e. The van der Waals surface area contributed by atoms with Gasteiger partial charge in [-0.05, 0) is 41.3 Å². The Balaban J connectivity index is 1.50. The molecule has 2 aliphatic heterocycles. The zero-order valence-electron chi connectivity index (χ0n) is 21.2. The minimum absolute atomic E-state index is 0.325. The molecule has 8 heteroatoms. The number of ether oxygens (including phenoxy) is 3. The van der Waals surface area contributed by atoms with Crippen molar-refractivity contribution in [3.05, 3.63) is 90.5 Å². The van der Waals surface area contributed by atoms with Crippen LogP contribution in [0.15, 0.2) is 84.9 Å². The summed E-state index contributed by atoms with van der Waals surface area (Å²) in [6.07, 6.45) is -0.995. The van der Waals surface area contributed by atoms with Gasteiger partial charge in [-0.1, -0.05) is 54.6 Å². The number of hydroxylamine groups is 1. The second kappa shape index (κ2) is 9.39. The summed E-state index contributed by atoms with van der Waals surface area (Å²) in [5.41, 5.74) is 1.96. The van der Waals surface area contributed by atoms with Crippen molar-refractivity contribution in [2.24, 2.45) is 5.92 Å². The molecule has 0 aliphatic carbocycles. The summed E-state index contributed by atoms with van der Waals surface area (Å²) in [7, 11) is 4.61. The lowest BCUT2D eigenvalue weighted by molar-refractivity contribution is -0.126. The number of nitrogens with zero attached hydrogens (tertiary/aromatic N) is 2. The van der Waals surface area contributed by atoms with Crippen molar-refractivity contribution < 1.29 is 28.6 Å². The number of benzene rings is 4. The first kappa shape index (κ1) is 23.8. The molecule has 0 saturated carbocycles. The van der Waals surface area contributed by atoms with Crippen LogP contribution in [0.25, 0.3) is 10.8 Å². The molecular weight excluding hydrogens is 484 g/mol. The monoisotopic (exact) mass is 510 g/mol. The number of fused-ring (bicyclic) bond motifs is 2. The Morgan fingerprint density at radius 3 is 2.08 bits per heavy atom. The average molecular weight is 511 g/mol. The van der Waals surface area contributed by atoms with Crippen LogP contribution in [0.2, 0.25) is 0 Å². The Morgan fingerprint density at radius 1 is 0.737 bits per heavy atom. The molecule has 0 aromatic heterocycles. The summed E-state index contributed by atoms with van der Waals surface area (Å²) in [5, 5.41) is 3.41. The number of rotatable bonds is 6. The van der Waals surface area contributed by atoms with Gasteiger partial charge in [-0.3, -0.25) is 14.4 Å². The molecule has 2 saturated heterocycles. The highest BCUT2D eigenvalue weighted by molar-refractivity contribution is 6.26. The molecule has 38 heavy (non-hydrogen) atoms. The first-order valence-corrected chi connectivity index (χ1v) is 12.2. The molecule has 3 atom stereocenters. The van der Waals surface area contributed by atoms with Crippen LogP contribution in [0.1, 0.15) is 11.6 Å². The lowest BCUT2D eigenvalue weighted by Gasteiger charge is -2.29. The standard InChI is InChI=1S/C30H26N2O6/c1-35-23-16-19(17-24(36-2)27(23)37-3)26-25-28(38-32(26)20-12-5-4-6-13-20)30(34)31(29(25)33)22-15-9-11-18-10-7-8-14-21(18)22/h4-17,25-26,28H,1-3H3. The highest BCUT2D eigenvalue weighted by atomic mass is 16.7. The minimum Gasteiger partial charge on any atom is -0.493 e. The molecule has 0 N–H and O–H groups in total. The van der Waals surface area contributed by atoms with E-state index in [0.29, 0.717) is 28.5 Å². The van der Waals surface area contributed by atoms with Crippen molar-refractivity contribution in [3.8, 4) is 17.2 Å². The molecule has 192 valence electrons. The second-order valence-corrected chi connectivity index (χ2v) is 9.13. The van der Waals surface area contributed by atoms with Gasteiger partial charge in [-0.25, -0.2) is 9.96 Å². The summed E-state index contributed by atoms with van der Waals surface area (Å²) in [5.74, 6) is -0.195. The molecule has 0 radical (unpaired) electrons. The van der Waals surface area contributed by atoms with Gasteiger partial charge < -0.3 is 14.2 Å². The normalized spacial score (nSPS) is 20.7. The van der Waals surface area contributed by atoms with Crippen molar-refractivity contribution in [1.82, 2.24) is 0 Å². The number of anilines is 2. The van der Waals surface area contributed by atoms with Crippen LogP contribution in [0.4, 0.5) is 11.4 Å². The average Bonchev–Trinajstić information content (AvgIpc) is 3.47. The number of hydrogen-bond acceptors (Lipinski definition) is 7. The summed E-state index contributed by atoms with van der Waals surface area (Å²) in [6.45, 7) is 0. The minimum atomic E-state index is -0.995. The summed E-state index contributed by atoms with van der Waals surface area (Å²) >= 11 is 0. The van der Waals surface area contributed by atoms with Crippen molar-refractivity contribution in [3.63, 3.8) is 0 Å². The molecule has 2 aliphatic rings. The number of para-hydroxylation sites is 1. The molecule has 6 rings (SSSR count). The number of methoxy groups -OCH3 is 3. The van der Waals surface area contributed by atoms with Crippen LogP contribution >= 0.6 is 0 Å². The van der Waals surface area contributed by atoms with E-state index in [1.54, 1.807) is 23.3 Å². The lowest BCUT2D eigenvalue weighted by atomic mass is 9.90. The molecule has 4 aromatic rings. The molecular formula is C30H26N2O6. The van der Waals surface area contributed by atoms with Crippen LogP contribution in [0.5, 0.6) is 17.2 Å². The SMILES string of the molecule is COc1cc(C2C3C(=O)N(c4cccc5ccccc45)C(=O)C3ON2c2ccccc2)cc(OC)c1OC. The summed E-state index contributed by atoms with van der Waals surface area (Å²) in [4.78, 5) is 35.5. The summed E-state index contributed by atoms with van der Waals surface area (Å²) in [6, 6.07) is 25.7. The topological polar surface area (TPSA) is 77.5 Å². The number of carbonyl (C=O) groups is 2. The van der Waals surface area contributed by atoms with Crippen molar-refractivity contribution >= 4 is 34.0 Å². The maximum absolute atomic E-state index is 14.1. The molecule has 3 unspecified atom stereocenters. The maximum atomic E-state index is 14.1. The largest absolute Gasteiger partial charge is 0.493 e. The van der Waals surface area contributed by atoms with E-state index in [1.807, 2.05) is 66.7 Å². The van der Waals surface area contributed by atoms with Gasteiger partial charge in [-0.15, -0.1) is 0 Å². The molecule has 2 heterocycles. The van der Waals surface area contributed by atoms with E-state index in [4.69, 9.17) is 19.0 Å². The van der Waals surface area contributed by atoms with E-state index in [9.17, 15) is 9.59 Å². The van der Waals surface area contributed by atoms with Gasteiger partial charge in [0.15, 0.2) is 17.6 Å². The Bertz CT molecular complexity index is 1510. The van der Waals surface area contributed by atoms with Gasteiger partial charge in [0, 0.05) is 5.39 Å². The summed E-state index contributed by atoms with van der Waals surface area (Å²) < 4.78 is 16.7. The van der Waals surface area contributed by atoms with Crippen molar-refractivity contribution in [2.75, 3.05) is 31.3 Å². The predicted octanol–water partition coefficient (Wildman–Crippen LogP) is 4.92. The van der Waals surface area contributed by atoms with E-state index >= 15 is 0 Å². The van der Waals surface area contributed by atoms with Gasteiger partial charge in [0.05, 0.1) is 38.7 Å². The third kappa shape index (κ3) is 3.56. The fourth-order valence-electron chi connectivity index (χ4n) is 5.47. The van der Waals surface area contributed by atoms with Crippen molar-refractivity contribution in [2.45, 2.75) is 12.1 Å². The lowest BCUT2D eigenvalue weighted by Crippen LogP contribution is -2.37. The molecule has 2 fully saturated rings. The highest BCUT2D eigenvalue weighted by Gasteiger charge is 2.60. The Labute approximate surface area is 219 Å². The molecule has 8 nitrogen and oxygen atoms in total. The zero-order chi connectivity index (χ0) is 26.4. The number of hydrogen-bond donors (Lipinski definition) is 0. The fraction of sp³-hybridized carbons (Fsp3) is 0.200. The fourth-order valence-corrected chi connectivity index (χ4v) is 5.47. The maximum Gasteiger partial charge on any atom is 0.266 e. The zero-order valence-corrected chi connectivity index (χ0v) is 21.2. The number of amides is 2. The molecule has 2 amide bonds. The van der Waals surface area contributed by atoms with E-state index in [2.05, 4.69) is 0 Å². The van der Waals surface area contributed by atoms with Gasteiger partial charge in [0.1, 0.15) is 5.92 Å². The molecule has 4 aromatic carbocycles. The molecule has 0 spiro atoms. The Hall–Kier alpha value is -4.56. The molecule has 0 bridgehead atoms. The Kier molecular flexibility index (Phi) is 5.88. The first-order chi connectivity index (χ1) is 18.6. The van der Waals surface area contributed by atoms with E-state index < -0.39 is 24.0 Å². The van der Waals surface area contributed by atoms with Gasteiger partial charge in [-0.2, -0.15) is 0 Å². The van der Waals surface area contributed by atoms with Gasteiger partial charge in [0.25, 0.3) is 5.91 Å². The van der Waals surface area contributed by atoms with Crippen LogP contribution in [-0.4, -0.2) is 39.2 Å². The third-order valence-corrected chi connectivity index (χ3v) is 7.16. The van der Waals surface area contributed by atoms with Crippen LogP contribution < -0.4 is 24.2 Å². The van der Waals surface area contributed by atoms with Crippen molar-refractivity contribution in [1.29, 1.82) is 0 Å². The number of carbonyl (C=O) groups excluding carboxylic acids is 2. The third-order valence-electron chi connectivity index (χ3n) is 7.16. The Morgan fingerprint density at radius 2 is 1.39 bits per heavy atom. The first-order valence-electron chi connectivity index (χ1n) is 12.2. The van der Waals surface area contributed by atoms with E-state index in [-0.39, 0.29) is 5.91 Å². The van der Waals surface area contributed by atoms with Gasteiger partial charge >= 0.3 is 0 Å². The van der Waals surface area contributed by atoms with Crippen LogP contribution in [0, 0.1) is 5.92 Å². The predicted molar refractivity (Wildman–Crippen MR) is 143 cm³/mol.